The Hall–Kier alpha value is -0.820. The molecule has 0 spiro atoms. The predicted octanol–water partition coefficient (Wildman–Crippen LogP) is 3.67. The van der Waals surface area contributed by atoms with Crippen LogP contribution in [0.1, 0.15) is 49.7 Å². The van der Waals surface area contributed by atoms with Crippen LogP contribution in [0.2, 0.25) is 0 Å². The van der Waals surface area contributed by atoms with Crippen LogP contribution in [-0.4, -0.2) is 6.54 Å². The van der Waals surface area contributed by atoms with E-state index in [1.165, 1.54) is 57.1 Å². The van der Waals surface area contributed by atoms with E-state index in [9.17, 15) is 0 Å². The van der Waals surface area contributed by atoms with E-state index in [1.807, 2.05) is 0 Å². The van der Waals surface area contributed by atoms with Gasteiger partial charge in [-0.25, -0.2) is 0 Å². The van der Waals surface area contributed by atoms with Crippen LogP contribution in [0.4, 0.5) is 0 Å². The fourth-order valence-electron chi connectivity index (χ4n) is 2.47. The Labute approximate surface area is 99.3 Å². The normalized spacial score (nSPS) is 19.2. The standard InChI is InChI=1S/C15H23N/c1-2-4-8-12-16-13-15-11-7-6-10-14(15)9-5-3-1/h6-7,10-11,16H,1-5,8-9,12-13H2. The van der Waals surface area contributed by atoms with E-state index in [-0.39, 0.29) is 0 Å². The number of hydrogen-bond donors (Lipinski definition) is 1. The summed E-state index contributed by atoms with van der Waals surface area (Å²) in [5.74, 6) is 0. The maximum atomic E-state index is 3.56. The third-order valence-corrected chi connectivity index (χ3v) is 3.48. The Morgan fingerprint density at radius 3 is 2.31 bits per heavy atom. The third kappa shape index (κ3) is 3.64. The van der Waals surface area contributed by atoms with Gasteiger partial charge in [-0.1, -0.05) is 49.9 Å². The molecule has 1 N–H and O–H groups in total. The third-order valence-electron chi connectivity index (χ3n) is 3.48. The van der Waals surface area contributed by atoms with Crippen molar-refractivity contribution in [3.05, 3.63) is 35.4 Å². The van der Waals surface area contributed by atoms with E-state index >= 15 is 0 Å². The van der Waals surface area contributed by atoms with Crippen molar-refractivity contribution in [3.8, 4) is 0 Å². The first-order chi connectivity index (χ1) is 7.97. The Morgan fingerprint density at radius 1 is 0.750 bits per heavy atom. The van der Waals surface area contributed by atoms with Crippen LogP contribution < -0.4 is 5.32 Å². The number of nitrogens with one attached hydrogen (secondary N) is 1. The van der Waals surface area contributed by atoms with Gasteiger partial charge in [0.2, 0.25) is 0 Å². The second kappa shape index (κ2) is 6.70. The highest BCUT2D eigenvalue weighted by molar-refractivity contribution is 5.27. The highest BCUT2D eigenvalue weighted by Gasteiger charge is 2.02. The van der Waals surface area contributed by atoms with E-state index in [0.29, 0.717) is 0 Å². The van der Waals surface area contributed by atoms with Crippen molar-refractivity contribution in [2.75, 3.05) is 6.54 Å². The van der Waals surface area contributed by atoms with Crippen LogP contribution in [0.3, 0.4) is 0 Å². The van der Waals surface area contributed by atoms with Gasteiger partial charge in [-0.05, 0) is 36.9 Å². The zero-order valence-electron chi connectivity index (χ0n) is 10.2. The van der Waals surface area contributed by atoms with Crippen molar-refractivity contribution in [1.29, 1.82) is 0 Å². The Morgan fingerprint density at radius 2 is 1.44 bits per heavy atom. The molecule has 1 heterocycles. The van der Waals surface area contributed by atoms with Gasteiger partial charge in [0.05, 0.1) is 0 Å². The van der Waals surface area contributed by atoms with E-state index < -0.39 is 0 Å². The number of benzene rings is 1. The molecule has 0 saturated carbocycles. The van der Waals surface area contributed by atoms with Crippen LogP contribution in [-0.2, 0) is 13.0 Å². The topological polar surface area (TPSA) is 12.0 Å². The van der Waals surface area contributed by atoms with Gasteiger partial charge < -0.3 is 5.32 Å². The molecule has 1 aromatic rings. The minimum atomic E-state index is 1.05. The van der Waals surface area contributed by atoms with E-state index in [1.54, 1.807) is 5.56 Å². The van der Waals surface area contributed by atoms with Crippen molar-refractivity contribution in [2.24, 2.45) is 0 Å². The van der Waals surface area contributed by atoms with Crippen LogP contribution >= 0.6 is 0 Å². The maximum absolute atomic E-state index is 3.56. The number of fused-ring (bicyclic) bond motifs is 1. The van der Waals surface area contributed by atoms with Crippen molar-refractivity contribution in [1.82, 2.24) is 5.32 Å². The van der Waals surface area contributed by atoms with E-state index in [2.05, 4.69) is 29.6 Å². The summed E-state index contributed by atoms with van der Waals surface area (Å²) in [6.07, 6.45) is 9.60. The molecule has 1 aromatic carbocycles. The second-order valence-corrected chi connectivity index (χ2v) is 4.82. The molecule has 0 atom stereocenters. The van der Waals surface area contributed by atoms with Crippen molar-refractivity contribution in [3.63, 3.8) is 0 Å². The Balaban J connectivity index is 1.99. The molecule has 0 fully saturated rings. The monoisotopic (exact) mass is 217 g/mol. The summed E-state index contributed by atoms with van der Waals surface area (Å²) in [6, 6.07) is 8.90. The predicted molar refractivity (Wildman–Crippen MR) is 69.6 cm³/mol. The molecule has 0 bridgehead atoms. The summed E-state index contributed by atoms with van der Waals surface area (Å²) in [5, 5.41) is 3.56. The number of hydrogen-bond acceptors (Lipinski definition) is 1. The minimum Gasteiger partial charge on any atom is -0.313 e. The summed E-state index contributed by atoms with van der Waals surface area (Å²) < 4.78 is 0. The van der Waals surface area contributed by atoms with Crippen LogP contribution in [0.25, 0.3) is 0 Å². The fourth-order valence-corrected chi connectivity index (χ4v) is 2.47. The summed E-state index contributed by atoms with van der Waals surface area (Å²) in [6.45, 7) is 2.23. The van der Waals surface area contributed by atoms with Gasteiger partial charge in [0.15, 0.2) is 0 Å². The fraction of sp³-hybridized carbons (Fsp3) is 0.600. The Kier molecular flexibility index (Phi) is 4.88. The number of rotatable bonds is 0. The first-order valence-electron chi connectivity index (χ1n) is 6.74. The van der Waals surface area contributed by atoms with Gasteiger partial charge in [0.25, 0.3) is 0 Å². The van der Waals surface area contributed by atoms with Gasteiger partial charge >= 0.3 is 0 Å². The van der Waals surface area contributed by atoms with Crippen LogP contribution in [0.15, 0.2) is 24.3 Å². The molecule has 0 aliphatic carbocycles. The lowest BCUT2D eigenvalue weighted by Crippen LogP contribution is -2.16. The van der Waals surface area contributed by atoms with Crippen LogP contribution in [0, 0.1) is 0 Å². The maximum Gasteiger partial charge on any atom is 0.0208 e. The van der Waals surface area contributed by atoms with Crippen molar-refractivity contribution >= 4 is 0 Å². The largest absolute Gasteiger partial charge is 0.313 e. The van der Waals surface area contributed by atoms with Gasteiger partial charge in [-0.15, -0.1) is 0 Å². The molecule has 0 unspecified atom stereocenters. The lowest BCUT2D eigenvalue weighted by atomic mass is 9.99. The van der Waals surface area contributed by atoms with Crippen molar-refractivity contribution in [2.45, 2.75) is 51.5 Å². The molecule has 1 heteroatoms. The molecule has 0 radical (unpaired) electrons. The Bertz CT molecular complexity index is 275. The lowest BCUT2D eigenvalue weighted by molar-refractivity contribution is 0.555. The first kappa shape index (κ1) is 11.7. The van der Waals surface area contributed by atoms with Crippen molar-refractivity contribution < 1.29 is 0 Å². The molecular weight excluding hydrogens is 194 g/mol. The van der Waals surface area contributed by atoms with Gasteiger partial charge in [-0.2, -0.15) is 0 Å². The molecule has 16 heavy (non-hydrogen) atoms. The smallest absolute Gasteiger partial charge is 0.0208 e. The first-order valence-corrected chi connectivity index (χ1v) is 6.74. The molecule has 2 rings (SSSR count). The van der Waals surface area contributed by atoms with Crippen LogP contribution in [0.5, 0.6) is 0 Å². The van der Waals surface area contributed by atoms with Gasteiger partial charge in [0, 0.05) is 6.54 Å². The molecular formula is C15H23N. The highest BCUT2D eigenvalue weighted by atomic mass is 14.8. The molecule has 1 aliphatic rings. The van der Waals surface area contributed by atoms with E-state index in [0.717, 1.165) is 6.54 Å². The second-order valence-electron chi connectivity index (χ2n) is 4.82. The summed E-state index contributed by atoms with van der Waals surface area (Å²) in [5.41, 5.74) is 3.05. The lowest BCUT2D eigenvalue weighted by Gasteiger charge is -2.12. The highest BCUT2D eigenvalue weighted by Crippen LogP contribution is 2.15. The summed E-state index contributed by atoms with van der Waals surface area (Å²) in [4.78, 5) is 0. The zero-order valence-corrected chi connectivity index (χ0v) is 10.2. The zero-order chi connectivity index (χ0) is 11.1. The SMILES string of the molecule is c1ccc2c(c1)CCCCCCCCNC2. The molecule has 0 amide bonds. The molecule has 0 aromatic heterocycles. The average molecular weight is 217 g/mol. The molecule has 88 valence electrons. The number of aryl methyl sites for hydroxylation is 1. The average Bonchev–Trinajstić information content (AvgIpc) is 2.30. The molecule has 1 nitrogen and oxygen atoms in total. The summed E-state index contributed by atoms with van der Waals surface area (Å²) >= 11 is 0. The van der Waals surface area contributed by atoms with E-state index in [4.69, 9.17) is 0 Å². The minimum absolute atomic E-state index is 1.05. The van der Waals surface area contributed by atoms with Gasteiger partial charge in [0.1, 0.15) is 0 Å². The summed E-state index contributed by atoms with van der Waals surface area (Å²) in [7, 11) is 0. The quantitative estimate of drug-likeness (QED) is 0.699. The van der Waals surface area contributed by atoms with Gasteiger partial charge in [-0.3, -0.25) is 0 Å². The molecule has 0 saturated heterocycles. The molecule has 1 aliphatic heterocycles.